The standard InChI is InChI=1S/C17H24N4O2/c1-3-9-21-16(22)6-4-7-17(21)8-5-10-20(12-17)14-11-15(23-2)19-13-18-14/h3,11,13H,1,4-10,12H2,2H3/t17-/m0/s1. The van der Waals surface area contributed by atoms with Crippen LogP contribution in [0.1, 0.15) is 32.1 Å². The fourth-order valence-corrected chi connectivity index (χ4v) is 3.87. The number of piperidine rings is 2. The normalized spacial score (nSPS) is 24.8. The van der Waals surface area contributed by atoms with Gasteiger partial charge in [-0.3, -0.25) is 4.79 Å². The Morgan fingerprint density at radius 3 is 3.00 bits per heavy atom. The zero-order valence-corrected chi connectivity index (χ0v) is 13.7. The van der Waals surface area contributed by atoms with Gasteiger partial charge in [-0.15, -0.1) is 6.58 Å². The number of nitrogens with zero attached hydrogens (tertiary/aromatic N) is 4. The van der Waals surface area contributed by atoms with Crippen molar-refractivity contribution in [1.82, 2.24) is 14.9 Å². The summed E-state index contributed by atoms with van der Waals surface area (Å²) in [5, 5.41) is 0. The third kappa shape index (κ3) is 3.02. The second kappa shape index (κ2) is 6.56. The van der Waals surface area contributed by atoms with E-state index in [0.717, 1.165) is 44.6 Å². The molecule has 3 rings (SSSR count). The van der Waals surface area contributed by atoms with E-state index in [9.17, 15) is 4.79 Å². The summed E-state index contributed by atoms with van der Waals surface area (Å²) < 4.78 is 5.20. The molecule has 1 spiro atoms. The van der Waals surface area contributed by atoms with E-state index in [2.05, 4.69) is 21.4 Å². The molecule has 2 aliphatic rings. The van der Waals surface area contributed by atoms with Crippen LogP contribution in [-0.4, -0.2) is 53.1 Å². The van der Waals surface area contributed by atoms with Crippen LogP contribution in [0.4, 0.5) is 5.82 Å². The molecular formula is C17H24N4O2. The van der Waals surface area contributed by atoms with E-state index in [1.165, 1.54) is 6.33 Å². The molecule has 2 fully saturated rings. The first-order valence-corrected chi connectivity index (χ1v) is 8.21. The maximum absolute atomic E-state index is 12.4. The Morgan fingerprint density at radius 1 is 1.39 bits per heavy atom. The van der Waals surface area contributed by atoms with Crippen LogP contribution in [0.25, 0.3) is 0 Å². The van der Waals surface area contributed by atoms with Crippen LogP contribution in [0.2, 0.25) is 0 Å². The number of carbonyl (C=O) groups excluding carboxylic acids is 1. The average molecular weight is 316 g/mol. The highest BCUT2D eigenvalue weighted by atomic mass is 16.5. The molecule has 1 amide bonds. The number of likely N-dealkylation sites (tertiary alicyclic amines) is 1. The minimum Gasteiger partial charge on any atom is -0.481 e. The Kier molecular flexibility index (Phi) is 4.50. The van der Waals surface area contributed by atoms with Crippen LogP contribution in [0.5, 0.6) is 5.88 Å². The number of carbonyl (C=O) groups is 1. The average Bonchev–Trinajstić information content (AvgIpc) is 2.59. The summed E-state index contributed by atoms with van der Waals surface area (Å²) in [5.74, 6) is 1.68. The smallest absolute Gasteiger partial charge is 0.223 e. The van der Waals surface area contributed by atoms with Crippen molar-refractivity contribution < 1.29 is 9.53 Å². The first-order chi connectivity index (χ1) is 11.2. The molecule has 2 aliphatic heterocycles. The van der Waals surface area contributed by atoms with Crippen LogP contribution in [0, 0.1) is 0 Å². The summed E-state index contributed by atoms with van der Waals surface area (Å²) in [6.07, 6.45) is 8.12. The summed E-state index contributed by atoms with van der Waals surface area (Å²) in [6, 6.07) is 1.86. The molecule has 124 valence electrons. The van der Waals surface area contributed by atoms with Gasteiger partial charge in [-0.1, -0.05) is 6.08 Å². The lowest BCUT2D eigenvalue weighted by Gasteiger charge is -2.52. The van der Waals surface area contributed by atoms with E-state index >= 15 is 0 Å². The quantitative estimate of drug-likeness (QED) is 0.796. The molecule has 6 heteroatoms. The minimum absolute atomic E-state index is 0.0973. The summed E-state index contributed by atoms with van der Waals surface area (Å²) in [7, 11) is 1.61. The maximum Gasteiger partial charge on any atom is 0.223 e. The van der Waals surface area contributed by atoms with Crippen molar-refractivity contribution in [2.75, 3.05) is 31.6 Å². The molecular weight excluding hydrogens is 292 g/mol. The van der Waals surface area contributed by atoms with Crippen LogP contribution in [0.3, 0.4) is 0 Å². The van der Waals surface area contributed by atoms with Gasteiger partial charge in [0.25, 0.3) is 0 Å². The number of hydrogen-bond donors (Lipinski definition) is 0. The summed E-state index contributed by atoms with van der Waals surface area (Å²) in [4.78, 5) is 25.2. The second-order valence-electron chi connectivity index (χ2n) is 6.31. The van der Waals surface area contributed by atoms with E-state index in [4.69, 9.17) is 4.74 Å². The number of ether oxygens (including phenoxy) is 1. The van der Waals surface area contributed by atoms with Gasteiger partial charge in [-0.2, -0.15) is 0 Å². The summed E-state index contributed by atoms with van der Waals surface area (Å²) >= 11 is 0. The lowest BCUT2D eigenvalue weighted by Crippen LogP contribution is -2.62. The van der Waals surface area contributed by atoms with Crippen molar-refractivity contribution in [3.63, 3.8) is 0 Å². The van der Waals surface area contributed by atoms with E-state index in [1.807, 2.05) is 17.0 Å². The molecule has 1 aromatic rings. The SMILES string of the molecule is C=CCN1C(=O)CCC[C@@]12CCCN(c1cc(OC)ncn1)C2. The van der Waals surface area contributed by atoms with Crippen molar-refractivity contribution in [2.45, 2.75) is 37.6 Å². The van der Waals surface area contributed by atoms with Crippen LogP contribution in [-0.2, 0) is 4.79 Å². The van der Waals surface area contributed by atoms with E-state index in [1.54, 1.807) is 7.11 Å². The van der Waals surface area contributed by atoms with Crippen LogP contribution < -0.4 is 9.64 Å². The molecule has 23 heavy (non-hydrogen) atoms. The van der Waals surface area contributed by atoms with Gasteiger partial charge in [0, 0.05) is 32.1 Å². The molecule has 0 unspecified atom stereocenters. The molecule has 0 aromatic carbocycles. The number of hydrogen-bond acceptors (Lipinski definition) is 5. The Hall–Kier alpha value is -2.11. The first-order valence-electron chi connectivity index (χ1n) is 8.21. The number of amides is 1. The van der Waals surface area contributed by atoms with Gasteiger partial charge in [-0.25, -0.2) is 9.97 Å². The number of rotatable bonds is 4. The van der Waals surface area contributed by atoms with E-state index < -0.39 is 0 Å². The molecule has 0 N–H and O–H groups in total. The highest BCUT2D eigenvalue weighted by Crippen LogP contribution is 2.37. The molecule has 0 aliphatic carbocycles. The molecule has 6 nitrogen and oxygen atoms in total. The Balaban J connectivity index is 1.86. The van der Waals surface area contributed by atoms with Gasteiger partial charge in [0.1, 0.15) is 12.1 Å². The number of anilines is 1. The third-order valence-corrected chi connectivity index (χ3v) is 4.93. The number of aromatic nitrogens is 2. The van der Waals surface area contributed by atoms with E-state index in [-0.39, 0.29) is 11.4 Å². The fourth-order valence-electron chi connectivity index (χ4n) is 3.87. The predicted octanol–water partition coefficient (Wildman–Crippen LogP) is 2.02. The fraction of sp³-hybridized carbons (Fsp3) is 0.588. The highest BCUT2D eigenvalue weighted by molar-refractivity contribution is 5.78. The van der Waals surface area contributed by atoms with Crippen molar-refractivity contribution in [2.24, 2.45) is 0 Å². The lowest BCUT2D eigenvalue weighted by atomic mass is 9.79. The highest BCUT2D eigenvalue weighted by Gasteiger charge is 2.44. The van der Waals surface area contributed by atoms with Gasteiger partial charge in [0.05, 0.1) is 12.6 Å². The monoisotopic (exact) mass is 316 g/mol. The minimum atomic E-state index is -0.0973. The summed E-state index contributed by atoms with van der Waals surface area (Å²) in [6.45, 7) is 6.20. The third-order valence-electron chi connectivity index (χ3n) is 4.93. The van der Waals surface area contributed by atoms with E-state index in [0.29, 0.717) is 18.8 Å². The lowest BCUT2D eigenvalue weighted by molar-refractivity contribution is -0.141. The number of methoxy groups -OCH3 is 1. The summed E-state index contributed by atoms with van der Waals surface area (Å²) in [5.41, 5.74) is -0.0973. The topological polar surface area (TPSA) is 58.6 Å². The Morgan fingerprint density at radius 2 is 2.22 bits per heavy atom. The van der Waals surface area contributed by atoms with Gasteiger partial charge < -0.3 is 14.5 Å². The molecule has 1 aromatic heterocycles. The zero-order chi connectivity index (χ0) is 16.3. The van der Waals surface area contributed by atoms with Gasteiger partial charge in [-0.05, 0) is 25.7 Å². The zero-order valence-electron chi connectivity index (χ0n) is 13.7. The molecule has 0 bridgehead atoms. The Labute approximate surface area is 137 Å². The Bertz CT molecular complexity index is 588. The van der Waals surface area contributed by atoms with Crippen molar-refractivity contribution in [1.29, 1.82) is 0 Å². The maximum atomic E-state index is 12.4. The van der Waals surface area contributed by atoms with Gasteiger partial charge in [0.15, 0.2) is 0 Å². The largest absolute Gasteiger partial charge is 0.481 e. The molecule has 3 heterocycles. The van der Waals surface area contributed by atoms with Gasteiger partial charge in [0.2, 0.25) is 11.8 Å². The predicted molar refractivity (Wildman–Crippen MR) is 88.5 cm³/mol. The first kappa shape index (κ1) is 15.8. The van der Waals surface area contributed by atoms with Gasteiger partial charge >= 0.3 is 0 Å². The van der Waals surface area contributed by atoms with Crippen LogP contribution >= 0.6 is 0 Å². The molecule has 2 saturated heterocycles. The molecule has 0 radical (unpaired) electrons. The molecule has 1 atom stereocenters. The van der Waals surface area contributed by atoms with Crippen LogP contribution in [0.15, 0.2) is 25.0 Å². The molecule has 0 saturated carbocycles. The van der Waals surface area contributed by atoms with Crippen molar-refractivity contribution in [3.8, 4) is 5.88 Å². The van der Waals surface area contributed by atoms with Crippen molar-refractivity contribution in [3.05, 3.63) is 25.0 Å². The van der Waals surface area contributed by atoms with Crippen molar-refractivity contribution >= 4 is 11.7 Å². The second-order valence-corrected chi connectivity index (χ2v) is 6.31.